The Morgan fingerprint density at radius 2 is 2.20 bits per heavy atom. The van der Waals surface area contributed by atoms with Gasteiger partial charge in [-0.2, -0.15) is 0 Å². The standard InChI is InChI=1S/C17H20ClN3OS.2ClH/c1-11(19)13-5-3-7-21(9-13)17(22)15-10-23-16(20-15)12-4-2-6-14(18)8-12;;/h2,4,6,8,10-11,13H,3,5,7,9,19H2,1H3;2*1H. The van der Waals surface area contributed by atoms with E-state index in [4.69, 9.17) is 17.3 Å². The van der Waals surface area contributed by atoms with E-state index in [9.17, 15) is 4.79 Å². The van der Waals surface area contributed by atoms with Crippen LogP contribution in [-0.4, -0.2) is 34.9 Å². The highest BCUT2D eigenvalue weighted by Gasteiger charge is 2.27. The third-order valence-electron chi connectivity index (χ3n) is 4.28. The molecule has 8 heteroatoms. The van der Waals surface area contributed by atoms with E-state index in [0.717, 1.165) is 36.5 Å². The van der Waals surface area contributed by atoms with Gasteiger partial charge in [0.15, 0.2) is 0 Å². The highest BCUT2D eigenvalue weighted by atomic mass is 35.5. The second kappa shape index (κ2) is 9.74. The van der Waals surface area contributed by atoms with Crippen LogP contribution in [0, 0.1) is 5.92 Å². The third-order valence-corrected chi connectivity index (χ3v) is 5.41. The van der Waals surface area contributed by atoms with Crippen molar-refractivity contribution in [2.75, 3.05) is 13.1 Å². The van der Waals surface area contributed by atoms with E-state index in [1.807, 2.05) is 41.5 Å². The Kier molecular flexibility index (Phi) is 8.64. The molecule has 25 heavy (non-hydrogen) atoms. The van der Waals surface area contributed by atoms with Gasteiger partial charge < -0.3 is 10.6 Å². The monoisotopic (exact) mass is 421 g/mol. The Morgan fingerprint density at radius 1 is 1.44 bits per heavy atom. The van der Waals surface area contributed by atoms with Crippen molar-refractivity contribution < 1.29 is 4.79 Å². The minimum absolute atomic E-state index is 0. The minimum atomic E-state index is -0.000113. The molecule has 2 heterocycles. The van der Waals surface area contributed by atoms with E-state index in [-0.39, 0.29) is 36.8 Å². The molecule has 2 atom stereocenters. The lowest BCUT2D eigenvalue weighted by molar-refractivity contribution is 0.0656. The van der Waals surface area contributed by atoms with Crippen molar-refractivity contribution in [3.8, 4) is 10.6 Å². The van der Waals surface area contributed by atoms with Gasteiger partial charge in [0.25, 0.3) is 5.91 Å². The predicted molar refractivity (Wildman–Crippen MR) is 109 cm³/mol. The largest absolute Gasteiger partial charge is 0.337 e. The molecule has 4 nitrogen and oxygen atoms in total. The molecule has 0 spiro atoms. The number of rotatable bonds is 3. The maximum Gasteiger partial charge on any atom is 0.273 e. The second-order valence-corrected chi connectivity index (χ2v) is 7.36. The summed E-state index contributed by atoms with van der Waals surface area (Å²) in [5.41, 5.74) is 7.45. The van der Waals surface area contributed by atoms with Gasteiger partial charge in [-0.1, -0.05) is 23.7 Å². The molecule has 1 aliphatic rings. The number of nitrogens with zero attached hydrogens (tertiary/aromatic N) is 2. The molecule has 0 bridgehead atoms. The van der Waals surface area contributed by atoms with E-state index < -0.39 is 0 Å². The molecule has 2 aromatic rings. The van der Waals surface area contributed by atoms with Gasteiger partial charge in [-0.05, 0) is 37.8 Å². The van der Waals surface area contributed by atoms with Gasteiger partial charge in [0, 0.05) is 35.1 Å². The first-order chi connectivity index (χ1) is 11.0. The molecule has 3 rings (SSSR count). The number of carbonyl (C=O) groups is 1. The first-order valence-electron chi connectivity index (χ1n) is 7.81. The van der Waals surface area contributed by atoms with Crippen molar-refractivity contribution in [1.29, 1.82) is 0 Å². The van der Waals surface area contributed by atoms with Crippen LogP contribution in [-0.2, 0) is 0 Å². The molecule has 2 N–H and O–H groups in total. The number of piperidine rings is 1. The van der Waals surface area contributed by atoms with Crippen molar-refractivity contribution in [3.63, 3.8) is 0 Å². The van der Waals surface area contributed by atoms with Gasteiger partial charge in [0.2, 0.25) is 0 Å². The summed E-state index contributed by atoms with van der Waals surface area (Å²) in [5.74, 6) is 0.374. The molecule has 1 fully saturated rings. The molecular formula is C17H22Cl3N3OS. The number of hydrogen-bond acceptors (Lipinski definition) is 4. The fraction of sp³-hybridized carbons (Fsp3) is 0.412. The van der Waals surface area contributed by atoms with E-state index in [1.165, 1.54) is 11.3 Å². The summed E-state index contributed by atoms with van der Waals surface area (Å²) in [7, 11) is 0. The maximum absolute atomic E-state index is 12.7. The zero-order valence-corrected chi connectivity index (χ0v) is 17.1. The Morgan fingerprint density at radius 3 is 2.88 bits per heavy atom. The quantitative estimate of drug-likeness (QED) is 0.792. The van der Waals surface area contributed by atoms with Crippen molar-refractivity contribution >= 4 is 53.7 Å². The van der Waals surface area contributed by atoms with E-state index in [2.05, 4.69) is 4.98 Å². The van der Waals surface area contributed by atoms with Gasteiger partial charge in [0.05, 0.1) is 0 Å². The average molecular weight is 423 g/mol. The molecule has 1 aromatic carbocycles. The summed E-state index contributed by atoms with van der Waals surface area (Å²) in [6.07, 6.45) is 2.09. The van der Waals surface area contributed by atoms with Crippen LogP contribution in [0.5, 0.6) is 0 Å². The average Bonchev–Trinajstić information content (AvgIpc) is 3.04. The van der Waals surface area contributed by atoms with Crippen LogP contribution in [0.15, 0.2) is 29.6 Å². The van der Waals surface area contributed by atoms with Crippen LogP contribution in [0.1, 0.15) is 30.3 Å². The van der Waals surface area contributed by atoms with Crippen molar-refractivity contribution in [2.45, 2.75) is 25.8 Å². The number of amides is 1. The zero-order valence-electron chi connectivity index (χ0n) is 13.9. The van der Waals surface area contributed by atoms with Crippen LogP contribution >= 0.6 is 47.8 Å². The maximum atomic E-state index is 12.7. The summed E-state index contributed by atoms with van der Waals surface area (Å²) in [6.45, 7) is 3.52. The summed E-state index contributed by atoms with van der Waals surface area (Å²) in [4.78, 5) is 19.1. The predicted octanol–water partition coefficient (Wildman–Crippen LogP) is 4.51. The molecule has 1 saturated heterocycles. The SMILES string of the molecule is CC(N)C1CCCN(C(=O)c2csc(-c3cccc(Cl)c3)n2)C1.Cl.Cl. The first kappa shape index (κ1) is 22.2. The second-order valence-electron chi connectivity index (χ2n) is 6.06. The fourth-order valence-corrected chi connectivity index (χ4v) is 3.89. The first-order valence-corrected chi connectivity index (χ1v) is 9.06. The lowest BCUT2D eigenvalue weighted by Crippen LogP contribution is -2.45. The summed E-state index contributed by atoms with van der Waals surface area (Å²) < 4.78 is 0. The summed E-state index contributed by atoms with van der Waals surface area (Å²) >= 11 is 7.49. The Hall–Kier alpha value is -0.850. The van der Waals surface area contributed by atoms with Crippen LogP contribution in [0.25, 0.3) is 10.6 Å². The van der Waals surface area contributed by atoms with Crippen LogP contribution in [0.4, 0.5) is 0 Å². The van der Waals surface area contributed by atoms with Crippen LogP contribution < -0.4 is 5.73 Å². The van der Waals surface area contributed by atoms with Gasteiger partial charge in [-0.15, -0.1) is 36.2 Å². The normalized spacial score (nSPS) is 18.0. The van der Waals surface area contributed by atoms with Gasteiger partial charge in [-0.3, -0.25) is 4.79 Å². The smallest absolute Gasteiger partial charge is 0.273 e. The molecule has 1 amide bonds. The molecule has 0 radical (unpaired) electrons. The number of likely N-dealkylation sites (tertiary alicyclic amines) is 1. The van der Waals surface area contributed by atoms with Crippen molar-refractivity contribution in [2.24, 2.45) is 11.7 Å². The Bertz CT molecular complexity index is 708. The summed E-state index contributed by atoms with van der Waals surface area (Å²) in [6, 6.07) is 7.64. The number of benzene rings is 1. The highest BCUT2D eigenvalue weighted by Crippen LogP contribution is 2.27. The van der Waals surface area contributed by atoms with Crippen LogP contribution in [0.3, 0.4) is 0 Å². The fourth-order valence-electron chi connectivity index (χ4n) is 2.91. The third kappa shape index (κ3) is 5.31. The lowest BCUT2D eigenvalue weighted by atomic mass is 9.92. The van der Waals surface area contributed by atoms with Gasteiger partial charge in [0.1, 0.15) is 10.7 Å². The molecule has 1 aromatic heterocycles. The van der Waals surface area contributed by atoms with Gasteiger partial charge in [-0.25, -0.2) is 4.98 Å². The van der Waals surface area contributed by atoms with Crippen LogP contribution in [0.2, 0.25) is 5.02 Å². The zero-order chi connectivity index (χ0) is 16.4. The number of hydrogen-bond donors (Lipinski definition) is 1. The molecule has 138 valence electrons. The van der Waals surface area contributed by atoms with Gasteiger partial charge >= 0.3 is 0 Å². The molecule has 0 aliphatic carbocycles. The highest BCUT2D eigenvalue weighted by molar-refractivity contribution is 7.13. The number of thiazole rings is 1. The minimum Gasteiger partial charge on any atom is -0.337 e. The molecule has 0 saturated carbocycles. The van der Waals surface area contributed by atoms with E-state index in [0.29, 0.717) is 16.6 Å². The van der Waals surface area contributed by atoms with Crippen molar-refractivity contribution in [3.05, 3.63) is 40.4 Å². The Balaban J connectivity index is 0.00000156. The molecule has 1 aliphatic heterocycles. The molecule has 2 unspecified atom stereocenters. The molecular weight excluding hydrogens is 401 g/mol. The van der Waals surface area contributed by atoms with Crippen molar-refractivity contribution in [1.82, 2.24) is 9.88 Å². The lowest BCUT2D eigenvalue weighted by Gasteiger charge is -2.34. The van der Waals surface area contributed by atoms with E-state index >= 15 is 0 Å². The van der Waals surface area contributed by atoms with E-state index in [1.54, 1.807) is 0 Å². The topological polar surface area (TPSA) is 59.2 Å². The number of halogens is 3. The number of aromatic nitrogens is 1. The number of nitrogens with two attached hydrogens (primary N) is 1. The Labute approximate surface area is 169 Å². The summed E-state index contributed by atoms with van der Waals surface area (Å²) in [5, 5.41) is 3.31. The number of carbonyl (C=O) groups excluding carboxylic acids is 1.